The summed E-state index contributed by atoms with van der Waals surface area (Å²) in [7, 11) is 0. The van der Waals surface area contributed by atoms with E-state index in [1.165, 1.54) is 10.7 Å². The zero-order valence-corrected chi connectivity index (χ0v) is 17.1. The van der Waals surface area contributed by atoms with E-state index in [1.54, 1.807) is 6.07 Å². The van der Waals surface area contributed by atoms with Gasteiger partial charge in [-0.05, 0) is 37.5 Å². The molecule has 2 rings (SSSR count). The van der Waals surface area contributed by atoms with Gasteiger partial charge in [0.1, 0.15) is 6.54 Å². The van der Waals surface area contributed by atoms with Crippen LogP contribution in [0.25, 0.3) is 11.3 Å². The van der Waals surface area contributed by atoms with Gasteiger partial charge in [0.05, 0.1) is 5.69 Å². The molecule has 0 aliphatic heterocycles. The Labute approximate surface area is 162 Å². The lowest BCUT2D eigenvalue weighted by molar-refractivity contribution is -0.122. The zero-order valence-electron chi connectivity index (χ0n) is 15.5. The number of halogens is 1. The molecule has 0 bridgehead atoms. The third-order valence-corrected chi connectivity index (χ3v) is 4.65. The summed E-state index contributed by atoms with van der Waals surface area (Å²) in [6.45, 7) is 6.31. The molecule has 1 aromatic carbocycles. The van der Waals surface area contributed by atoms with Crippen molar-refractivity contribution in [3.63, 3.8) is 0 Å². The molecular weight excluding hydrogens is 394 g/mol. The molecule has 1 heterocycles. The fraction of sp³-hybridized carbons (Fsp3) is 0.450. The van der Waals surface area contributed by atoms with Crippen molar-refractivity contribution in [2.24, 2.45) is 5.92 Å². The number of carbonyl (C=O) groups is 1. The van der Waals surface area contributed by atoms with Gasteiger partial charge in [-0.15, -0.1) is 0 Å². The van der Waals surface area contributed by atoms with Crippen molar-refractivity contribution in [3.8, 4) is 11.3 Å². The number of aromatic nitrogens is 2. The highest BCUT2D eigenvalue weighted by Gasteiger charge is 2.11. The van der Waals surface area contributed by atoms with E-state index in [9.17, 15) is 9.59 Å². The second-order valence-corrected chi connectivity index (χ2v) is 7.93. The van der Waals surface area contributed by atoms with Gasteiger partial charge >= 0.3 is 0 Å². The Morgan fingerprint density at radius 3 is 2.46 bits per heavy atom. The topological polar surface area (TPSA) is 64.0 Å². The highest BCUT2D eigenvalue weighted by atomic mass is 79.9. The van der Waals surface area contributed by atoms with Crippen LogP contribution in [-0.4, -0.2) is 21.7 Å². The number of hydrogen-bond acceptors (Lipinski definition) is 3. The minimum Gasteiger partial charge on any atom is -0.352 e. The first-order chi connectivity index (χ1) is 12.3. The summed E-state index contributed by atoms with van der Waals surface area (Å²) < 4.78 is 2.19. The highest BCUT2D eigenvalue weighted by Crippen LogP contribution is 2.18. The molecule has 1 N–H and O–H groups in total. The average molecular weight is 420 g/mol. The molecule has 5 nitrogen and oxygen atoms in total. The number of carbonyl (C=O) groups excluding carboxylic acids is 1. The van der Waals surface area contributed by atoms with Crippen molar-refractivity contribution < 1.29 is 4.79 Å². The number of nitrogens with one attached hydrogen (secondary N) is 1. The fourth-order valence-corrected chi connectivity index (χ4v) is 2.96. The number of nitrogens with zero attached hydrogens (tertiary/aromatic N) is 2. The monoisotopic (exact) mass is 419 g/mol. The SMILES string of the molecule is CC(C)CCCC(C)NC(=O)Cn1nc(-c2ccc(Br)cc2)ccc1=O. The smallest absolute Gasteiger partial charge is 0.267 e. The quantitative estimate of drug-likeness (QED) is 0.702. The molecule has 1 unspecified atom stereocenters. The minimum atomic E-state index is -0.284. The number of rotatable bonds is 8. The van der Waals surface area contributed by atoms with Crippen LogP contribution in [0, 0.1) is 5.92 Å². The van der Waals surface area contributed by atoms with E-state index in [4.69, 9.17) is 0 Å². The summed E-state index contributed by atoms with van der Waals surface area (Å²) in [5.41, 5.74) is 1.27. The van der Waals surface area contributed by atoms with E-state index < -0.39 is 0 Å². The molecule has 1 amide bonds. The van der Waals surface area contributed by atoms with Crippen molar-refractivity contribution in [2.75, 3.05) is 0 Å². The van der Waals surface area contributed by atoms with Gasteiger partial charge in [-0.1, -0.05) is 54.8 Å². The van der Waals surface area contributed by atoms with Gasteiger partial charge in [-0.3, -0.25) is 9.59 Å². The van der Waals surface area contributed by atoms with Crippen LogP contribution in [0.4, 0.5) is 0 Å². The molecule has 0 fully saturated rings. The maximum absolute atomic E-state index is 12.2. The van der Waals surface area contributed by atoms with Gasteiger partial charge in [0.15, 0.2) is 0 Å². The number of hydrogen-bond donors (Lipinski definition) is 1. The van der Waals surface area contributed by atoms with E-state index in [1.807, 2.05) is 31.2 Å². The Morgan fingerprint density at radius 1 is 1.12 bits per heavy atom. The maximum Gasteiger partial charge on any atom is 0.267 e. The van der Waals surface area contributed by atoms with Crippen molar-refractivity contribution in [1.82, 2.24) is 15.1 Å². The number of amides is 1. The molecule has 26 heavy (non-hydrogen) atoms. The molecule has 0 aliphatic rings. The van der Waals surface area contributed by atoms with Crippen molar-refractivity contribution in [3.05, 3.63) is 51.2 Å². The van der Waals surface area contributed by atoms with E-state index in [0.717, 1.165) is 29.3 Å². The van der Waals surface area contributed by atoms with Crippen LogP contribution in [0.1, 0.15) is 40.0 Å². The van der Waals surface area contributed by atoms with Crippen LogP contribution in [0.2, 0.25) is 0 Å². The van der Waals surface area contributed by atoms with E-state index >= 15 is 0 Å². The minimum absolute atomic E-state index is 0.0717. The summed E-state index contributed by atoms with van der Waals surface area (Å²) >= 11 is 3.40. The van der Waals surface area contributed by atoms with Crippen LogP contribution < -0.4 is 10.9 Å². The van der Waals surface area contributed by atoms with Gasteiger partial charge in [0.25, 0.3) is 5.56 Å². The normalized spacial score (nSPS) is 12.2. The third-order valence-electron chi connectivity index (χ3n) is 4.13. The molecule has 2 aromatic rings. The summed E-state index contributed by atoms with van der Waals surface area (Å²) in [4.78, 5) is 24.3. The van der Waals surface area contributed by atoms with Gasteiger partial charge in [-0.25, -0.2) is 4.68 Å². The Hall–Kier alpha value is -1.95. The molecule has 0 spiro atoms. The summed E-state index contributed by atoms with van der Waals surface area (Å²) in [5.74, 6) is 0.478. The fourth-order valence-electron chi connectivity index (χ4n) is 2.70. The molecule has 1 atom stereocenters. The van der Waals surface area contributed by atoms with Crippen LogP contribution in [0.3, 0.4) is 0 Å². The van der Waals surface area contributed by atoms with Gasteiger partial charge in [0.2, 0.25) is 5.91 Å². The van der Waals surface area contributed by atoms with Crippen LogP contribution in [-0.2, 0) is 11.3 Å². The lowest BCUT2D eigenvalue weighted by atomic mass is 10.0. The van der Waals surface area contributed by atoms with Gasteiger partial charge < -0.3 is 5.32 Å². The zero-order chi connectivity index (χ0) is 19.1. The Bertz CT molecular complexity index is 784. The average Bonchev–Trinajstić information content (AvgIpc) is 2.57. The molecule has 0 radical (unpaired) electrons. The second-order valence-electron chi connectivity index (χ2n) is 7.01. The summed E-state index contributed by atoms with van der Waals surface area (Å²) in [5, 5.41) is 7.28. The van der Waals surface area contributed by atoms with Gasteiger partial charge in [0, 0.05) is 22.1 Å². The van der Waals surface area contributed by atoms with Crippen LogP contribution >= 0.6 is 15.9 Å². The second kappa shape index (κ2) is 9.67. The van der Waals surface area contributed by atoms with E-state index in [-0.39, 0.29) is 24.1 Å². The Kier molecular flexibility index (Phi) is 7.57. The van der Waals surface area contributed by atoms with Crippen LogP contribution in [0.5, 0.6) is 0 Å². The highest BCUT2D eigenvalue weighted by molar-refractivity contribution is 9.10. The Balaban J connectivity index is 2.00. The molecule has 6 heteroatoms. The predicted molar refractivity (Wildman–Crippen MR) is 108 cm³/mol. The lowest BCUT2D eigenvalue weighted by Crippen LogP contribution is -2.38. The van der Waals surface area contributed by atoms with E-state index in [0.29, 0.717) is 11.6 Å². The molecule has 1 aromatic heterocycles. The standard InChI is InChI=1S/C20H26BrN3O2/c1-14(2)5-4-6-15(3)22-19(25)13-24-20(26)12-11-18(23-24)16-7-9-17(21)10-8-16/h7-12,14-15H,4-6,13H2,1-3H3,(H,22,25). The predicted octanol–water partition coefficient (Wildman–Crippen LogP) is 4.00. The summed E-state index contributed by atoms with van der Waals surface area (Å²) in [6, 6.07) is 10.9. The van der Waals surface area contributed by atoms with Crippen molar-refractivity contribution >= 4 is 21.8 Å². The first-order valence-corrected chi connectivity index (χ1v) is 9.78. The molecule has 0 aliphatic carbocycles. The Morgan fingerprint density at radius 2 is 1.81 bits per heavy atom. The maximum atomic E-state index is 12.2. The lowest BCUT2D eigenvalue weighted by Gasteiger charge is -2.15. The first kappa shape index (κ1) is 20.4. The number of benzene rings is 1. The first-order valence-electron chi connectivity index (χ1n) is 8.98. The largest absolute Gasteiger partial charge is 0.352 e. The summed E-state index contributed by atoms with van der Waals surface area (Å²) in [6.07, 6.45) is 3.16. The molecule has 0 saturated heterocycles. The van der Waals surface area contributed by atoms with Crippen LogP contribution in [0.15, 0.2) is 45.7 Å². The third kappa shape index (κ3) is 6.41. The molecule has 0 saturated carbocycles. The molecular formula is C20H26BrN3O2. The van der Waals surface area contributed by atoms with Crippen molar-refractivity contribution in [2.45, 2.75) is 52.6 Å². The molecule has 140 valence electrons. The van der Waals surface area contributed by atoms with Crippen molar-refractivity contribution in [1.29, 1.82) is 0 Å². The van der Waals surface area contributed by atoms with Gasteiger partial charge in [-0.2, -0.15) is 5.10 Å². The van der Waals surface area contributed by atoms with E-state index in [2.05, 4.69) is 40.2 Å².